The number of fused-ring (bicyclic) bond motifs is 1. The van der Waals surface area contributed by atoms with Gasteiger partial charge in [-0.25, -0.2) is 4.98 Å². The number of carbonyl (C=O) groups is 2. The highest BCUT2D eigenvalue weighted by Gasteiger charge is 2.21. The molecular weight excluding hydrogens is 368 g/mol. The van der Waals surface area contributed by atoms with Crippen molar-refractivity contribution in [3.05, 3.63) is 65.7 Å². The molecule has 0 atom stereocenters. The van der Waals surface area contributed by atoms with Crippen molar-refractivity contribution >= 4 is 23.0 Å². The van der Waals surface area contributed by atoms with E-state index < -0.39 is 5.91 Å². The number of amides is 2. The Labute approximate surface area is 168 Å². The second-order valence-electron chi connectivity index (χ2n) is 6.80. The Morgan fingerprint density at radius 2 is 1.90 bits per heavy atom. The van der Waals surface area contributed by atoms with E-state index in [1.165, 1.54) is 0 Å². The maximum atomic E-state index is 12.8. The summed E-state index contributed by atoms with van der Waals surface area (Å²) < 4.78 is 1.59. The lowest BCUT2D eigenvalue weighted by atomic mass is 10.2. The monoisotopic (exact) mass is 390 g/mol. The summed E-state index contributed by atoms with van der Waals surface area (Å²) in [5, 5.41) is 14.5. The van der Waals surface area contributed by atoms with Crippen molar-refractivity contribution < 1.29 is 9.59 Å². The third-order valence-corrected chi connectivity index (χ3v) is 4.31. The lowest BCUT2D eigenvalue weighted by Crippen LogP contribution is -2.27. The Kier molecular flexibility index (Phi) is 6.22. The first kappa shape index (κ1) is 20.0. The SMILES string of the molecule is CN(C)CCCNC(=O)c1nc(C(=O)Nc2ccc(C#N)cc2)n2ccccc12. The van der Waals surface area contributed by atoms with Gasteiger partial charge in [0.25, 0.3) is 11.8 Å². The van der Waals surface area contributed by atoms with E-state index in [-0.39, 0.29) is 17.4 Å². The van der Waals surface area contributed by atoms with Crippen molar-refractivity contribution in [2.24, 2.45) is 0 Å². The fourth-order valence-electron chi connectivity index (χ4n) is 2.86. The summed E-state index contributed by atoms with van der Waals surface area (Å²) in [6.45, 7) is 1.39. The van der Waals surface area contributed by atoms with E-state index in [0.717, 1.165) is 13.0 Å². The average Bonchev–Trinajstić information content (AvgIpc) is 3.11. The van der Waals surface area contributed by atoms with Crippen molar-refractivity contribution in [2.45, 2.75) is 6.42 Å². The van der Waals surface area contributed by atoms with E-state index >= 15 is 0 Å². The van der Waals surface area contributed by atoms with Crippen LogP contribution in [0.1, 0.15) is 33.1 Å². The predicted molar refractivity (Wildman–Crippen MR) is 110 cm³/mol. The molecule has 2 amide bonds. The molecule has 3 rings (SSSR count). The molecule has 2 N–H and O–H groups in total. The van der Waals surface area contributed by atoms with Crippen LogP contribution in [0.5, 0.6) is 0 Å². The lowest BCUT2D eigenvalue weighted by molar-refractivity contribution is 0.0949. The summed E-state index contributed by atoms with van der Waals surface area (Å²) in [5.74, 6) is -0.643. The fourth-order valence-corrected chi connectivity index (χ4v) is 2.86. The molecule has 0 aliphatic rings. The van der Waals surface area contributed by atoms with Crippen LogP contribution in [-0.4, -0.2) is 53.3 Å². The molecule has 0 unspecified atom stereocenters. The molecule has 1 aromatic carbocycles. The summed E-state index contributed by atoms with van der Waals surface area (Å²) in [4.78, 5) is 31.7. The van der Waals surface area contributed by atoms with Crippen molar-refractivity contribution in [2.75, 3.05) is 32.5 Å². The van der Waals surface area contributed by atoms with Gasteiger partial charge >= 0.3 is 0 Å². The third-order valence-electron chi connectivity index (χ3n) is 4.31. The maximum Gasteiger partial charge on any atom is 0.292 e. The molecule has 8 heteroatoms. The number of anilines is 1. The Morgan fingerprint density at radius 1 is 1.14 bits per heavy atom. The highest BCUT2D eigenvalue weighted by molar-refractivity contribution is 6.06. The second kappa shape index (κ2) is 8.99. The van der Waals surface area contributed by atoms with Crippen LogP contribution in [0, 0.1) is 11.3 Å². The standard InChI is InChI=1S/C21H22N6O2/c1-26(2)12-5-11-23-20(28)18-17-6-3-4-13-27(17)19(25-18)21(29)24-16-9-7-15(14-22)8-10-16/h3-4,6-10,13H,5,11-12H2,1-2H3,(H,23,28)(H,24,29). The van der Waals surface area contributed by atoms with Crippen LogP contribution < -0.4 is 10.6 Å². The van der Waals surface area contributed by atoms with Crippen molar-refractivity contribution in [1.29, 1.82) is 5.26 Å². The van der Waals surface area contributed by atoms with Gasteiger partial charge in [-0.05, 0) is 63.5 Å². The summed E-state index contributed by atoms with van der Waals surface area (Å²) >= 11 is 0. The van der Waals surface area contributed by atoms with Crippen LogP contribution in [0.2, 0.25) is 0 Å². The van der Waals surface area contributed by atoms with Crippen LogP contribution in [0.15, 0.2) is 48.7 Å². The van der Waals surface area contributed by atoms with Gasteiger partial charge in [0, 0.05) is 18.4 Å². The topological polar surface area (TPSA) is 103 Å². The Hall–Kier alpha value is -3.70. The van der Waals surface area contributed by atoms with Gasteiger partial charge in [-0.1, -0.05) is 6.07 Å². The van der Waals surface area contributed by atoms with Crippen LogP contribution in [-0.2, 0) is 0 Å². The van der Waals surface area contributed by atoms with Crippen LogP contribution >= 0.6 is 0 Å². The summed E-state index contributed by atoms with van der Waals surface area (Å²) in [5.41, 5.74) is 1.81. The van der Waals surface area contributed by atoms with Gasteiger partial charge in [-0.3, -0.25) is 14.0 Å². The van der Waals surface area contributed by atoms with Crippen LogP contribution in [0.4, 0.5) is 5.69 Å². The van der Waals surface area contributed by atoms with Gasteiger partial charge in [0.05, 0.1) is 17.1 Å². The van der Waals surface area contributed by atoms with E-state index in [1.54, 1.807) is 53.1 Å². The van der Waals surface area contributed by atoms with Crippen LogP contribution in [0.25, 0.3) is 5.52 Å². The van der Waals surface area contributed by atoms with Gasteiger partial charge in [-0.15, -0.1) is 0 Å². The van der Waals surface area contributed by atoms with Crippen molar-refractivity contribution in [1.82, 2.24) is 19.6 Å². The molecule has 8 nitrogen and oxygen atoms in total. The third kappa shape index (κ3) is 4.78. The van der Waals surface area contributed by atoms with E-state index in [2.05, 4.69) is 15.6 Å². The lowest BCUT2D eigenvalue weighted by Gasteiger charge is -2.09. The molecule has 0 aliphatic carbocycles. The molecule has 2 heterocycles. The fraction of sp³-hybridized carbons (Fsp3) is 0.238. The molecule has 0 fully saturated rings. The Morgan fingerprint density at radius 3 is 2.59 bits per heavy atom. The number of nitriles is 1. The maximum absolute atomic E-state index is 12.8. The van der Waals surface area contributed by atoms with Gasteiger partial charge in [0.15, 0.2) is 5.69 Å². The minimum absolute atomic E-state index is 0.114. The van der Waals surface area contributed by atoms with Gasteiger partial charge in [0.1, 0.15) is 0 Å². The highest BCUT2D eigenvalue weighted by atomic mass is 16.2. The number of hydrogen-bond donors (Lipinski definition) is 2. The molecule has 0 spiro atoms. The molecule has 0 radical (unpaired) electrons. The quantitative estimate of drug-likeness (QED) is 0.602. The van der Waals surface area contributed by atoms with E-state index in [4.69, 9.17) is 5.26 Å². The van der Waals surface area contributed by atoms with E-state index in [0.29, 0.717) is 23.3 Å². The van der Waals surface area contributed by atoms with E-state index in [1.807, 2.05) is 25.1 Å². The second-order valence-corrected chi connectivity index (χ2v) is 6.80. The number of rotatable bonds is 7. The molecular formula is C21H22N6O2. The normalized spacial score (nSPS) is 10.7. The number of imidazole rings is 1. The molecule has 3 aromatic rings. The Bertz CT molecular complexity index is 1060. The zero-order chi connectivity index (χ0) is 20.8. The van der Waals surface area contributed by atoms with Crippen molar-refractivity contribution in [3.63, 3.8) is 0 Å². The summed E-state index contributed by atoms with van der Waals surface area (Å²) in [7, 11) is 3.95. The number of carbonyl (C=O) groups excluding carboxylic acids is 2. The first-order chi connectivity index (χ1) is 14.0. The molecule has 0 bridgehead atoms. The minimum Gasteiger partial charge on any atom is -0.351 e. The van der Waals surface area contributed by atoms with Gasteiger partial charge < -0.3 is 15.5 Å². The number of aromatic nitrogens is 2. The highest BCUT2D eigenvalue weighted by Crippen LogP contribution is 2.16. The molecule has 0 aliphatic heterocycles. The number of pyridine rings is 1. The first-order valence-corrected chi connectivity index (χ1v) is 9.21. The van der Waals surface area contributed by atoms with Gasteiger partial charge in [-0.2, -0.15) is 5.26 Å². The first-order valence-electron chi connectivity index (χ1n) is 9.21. The zero-order valence-electron chi connectivity index (χ0n) is 16.3. The number of nitrogens with one attached hydrogen (secondary N) is 2. The largest absolute Gasteiger partial charge is 0.351 e. The molecule has 0 saturated heterocycles. The predicted octanol–water partition coefficient (Wildman–Crippen LogP) is 2.14. The molecule has 2 aromatic heterocycles. The summed E-state index contributed by atoms with van der Waals surface area (Å²) in [6, 6.07) is 13.9. The number of hydrogen-bond acceptors (Lipinski definition) is 5. The van der Waals surface area contributed by atoms with E-state index in [9.17, 15) is 9.59 Å². The average molecular weight is 390 g/mol. The zero-order valence-corrected chi connectivity index (χ0v) is 16.3. The minimum atomic E-state index is -0.442. The number of nitrogens with zero attached hydrogens (tertiary/aromatic N) is 4. The van der Waals surface area contributed by atoms with Crippen molar-refractivity contribution in [3.8, 4) is 6.07 Å². The molecule has 0 saturated carbocycles. The number of benzene rings is 1. The molecule has 29 heavy (non-hydrogen) atoms. The van der Waals surface area contributed by atoms with Crippen LogP contribution in [0.3, 0.4) is 0 Å². The van der Waals surface area contributed by atoms with Gasteiger partial charge in [0.2, 0.25) is 5.82 Å². The molecule has 148 valence electrons. The Balaban J connectivity index is 1.80. The summed E-state index contributed by atoms with van der Waals surface area (Å²) in [6.07, 6.45) is 2.51. The smallest absolute Gasteiger partial charge is 0.292 e.